The first-order valence-electron chi connectivity index (χ1n) is 9.76. The smallest absolute Gasteiger partial charge is 0.356 e. The fourth-order valence-corrected chi connectivity index (χ4v) is 3.22. The van der Waals surface area contributed by atoms with Crippen LogP contribution in [0.3, 0.4) is 0 Å². The lowest BCUT2D eigenvalue weighted by atomic mass is 10.1. The molecule has 1 aromatic heterocycles. The zero-order valence-electron chi connectivity index (χ0n) is 17.6. The van der Waals surface area contributed by atoms with Gasteiger partial charge in [-0.3, -0.25) is 4.79 Å². The van der Waals surface area contributed by atoms with E-state index in [4.69, 9.17) is 9.47 Å². The summed E-state index contributed by atoms with van der Waals surface area (Å²) in [7, 11) is 0. The van der Waals surface area contributed by atoms with E-state index in [1.54, 1.807) is 49.9 Å². The van der Waals surface area contributed by atoms with Crippen molar-refractivity contribution < 1.29 is 23.9 Å². The summed E-state index contributed by atoms with van der Waals surface area (Å²) in [5.74, 6) is -1.49. The number of benzene rings is 1. The van der Waals surface area contributed by atoms with Crippen molar-refractivity contribution in [3.63, 3.8) is 0 Å². The Morgan fingerprint density at radius 2 is 1.62 bits per heavy atom. The highest BCUT2D eigenvalue weighted by Gasteiger charge is 2.31. The average Bonchev–Trinajstić information content (AvgIpc) is 3.01. The van der Waals surface area contributed by atoms with Gasteiger partial charge >= 0.3 is 11.9 Å². The molecule has 156 valence electrons. The lowest BCUT2D eigenvalue weighted by molar-refractivity contribution is -0.140. The minimum absolute atomic E-state index is 0.138. The van der Waals surface area contributed by atoms with Gasteiger partial charge in [0.25, 0.3) is 5.91 Å². The molecule has 1 heterocycles. The molecular weight excluding hydrogens is 372 g/mol. The van der Waals surface area contributed by atoms with Crippen LogP contribution in [0.5, 0.6) is 0 Å². The Morgan fingerprint density at radius 1 is 1.00 bits per heavy atom. The first-order chi connectivity index (χ1) is 13.8. The molecule has 2 rings (SSSR count). The highest BCUT2D eigenvalue weighted by Crippen LogP contribution is 2.25. The number of rotatable bonds is 8. The first-order valence-corrected chi connectivity index (χ1v) is 9.76. The summed E-state index contributed by atoms with van der Waals surface area (Å²) in [5, 5.41) is 0. The molecule has 7 nitrogen and oxygen atoms in total. The number of hydrogen-bond acceptors (Lipinski definition) is 5. The van der Waals surface area contributed by atoms with Crippen LogP contribution < -0.4 is 0 Å². The monoisotopic (exact) mass is 400 g/mol. The second-order valence-electron chi connectivity index (χ2n) is 6.55. The third-order valence-electron chi connectivity index (χ3n) is 4.75. The van der Waals surface area contributed by atoms with Crippen molar-refractivity contribution in [3.8, 4) is 0 Å². The van der Waals surface area contributed by atoms with Gasteiger partial charge in [-0.2, -0.15) is 0 Å². The molecule has 1 atom stereocenters. The van der Waals surface area contributed by atoms with Crippen molar-refractivity contribution in [3.05, 3.63) is 58.4 Å². The molecule has 0 unspecified atom stereocenters. The summed E-state index contributed by atoms with van der Waals surface area (Å²) in [6.07, 6.45) is -1.07. The Labute approximate surface area is 171 Å². The fraction of sp³-hybridized carbons (Fsp3) is 0.409. The number of likely N-dealkylation sites (N-methyl/N-ethyl adjacent to an activating group) is 1. The number of nitrogens with one attached hydrogen (secondary N) is 1. The molecule has 29 heavy (non-hydrogen) atoms. The second-order valence-corrected chi connectivity index (χ2v) is 6.55. The number of hydrogen-bond donors (Lipinski definition) is 1. The zero-order valence-corrected chi connectivity index (χ0v) is 17.6. The third-order valence-corrected chi connectivity index (χ3v) is 4.75. The van der Waals surface area contributed by atoms with Gasteiger partial charge in [-0.25, -0.2) is 9.59 Å². The summed E-state index contributed by atoms with van der Waals surface area (Å²) >= 11 is 0. The van der Waals surface area contributed by atoms with Gasteiger partial charge in [-0.15, -0.1) is 0 Å². The molecule has 0 saturated heterocycles. The van der Waals surface area contributed by atoms with Gasteiger partial charge in [0, 0.05) is 24.3 Å². The average molecular weight is 400 g/mol. The Morgan fingerprint density at radius 3 is 2.17 bits per heavy atom. The predicted octanol–water partition coefficient (Wildman–Crippen LogP) is 3.57. The number of nitrogens with zero attached hydrogens (tertiary/aromatic N) is 1. The lowest BCUT2D eigenvalue weighted by Gasteiger charge is -2.25. The normalized spacial score (nSPS) is 11.6. The van der Waals surface area contributed by atoms with Gasteiger partial charge in [-0.1, -0.05) is 30.3 Å². The predicted molar refractivity (Wildman–Crippen MR) is 109 cm³/mol. The molecular formula is C22H28N2O5. The summed E-state index contributed by atoms with van der Waals surface area (Å²) in [6, 6.07) is 8.89. The Balaban J connectivity index is 2.37. The van der Waals surface area contributed by atoms with E-state index in [9.17, 15) is 14.4 Å². The number of ether oxygens (including phenoxy) is 2. The minimum Gasteiger partial charge on any atom is -0.462 e. The van der Waals surface area contributed by atoms with Crippen LogP contribution in [0, 0.1) is 13.8 Å². The quantitative estimate of drug-likeness (QED) is 0.684. The molecule has 0 radical (unpaired) electrons. The van der Waals surface area contributed by atoms with E-state index in [-0.39, 0.29) is 18.2 Å². The number of carbonyl (C=O) groups is 3. The van der Waals surface area contributed by atoms with Gasteiger partial charge in [0.15, 0.2) is 0 Å². The molecule has 0 saturated carbocycles. The summed E-state index contributed by atoms with van der Waals surface area (Å²) < 4.78 is 10.7. The highest BCUT2D eigenvalue weighted by molar-refractivity contribution is 5.99. The van der Waals surface area contributed by atoms with Gasteiger partial charge < -0.3 is 19.4 Å². The topological polar surface area (TPSA) is 88.7 Å². The Bertz CT molecular complexity index is 869. The number of H-pyrrole nitrogens is 1. The van der Waals surface area contributed by atoms with Crippen molar-refractivity contribution in [2.24, 2.45) is 0 Å². The van der Waals surface area contributed by atoms with Gasteiger partial charge in [0.05, 0.1) is 12.2 Å². The van der Waals surface area contributed by atoms with Crippen LogP contribution in [-0.4, -0.2) is 47.4 Å². The third kappa shape index (κ3) is 4.85. The first kappa shape index (κ1) is 22.2. The molecule has 0 bridgehead atoms. The summed E-state index contributed by atoms with van der Waals surface area (Å²) in [4.78, 5) is 42.6. The minimum atomic E-state index is -1.07. The van der Waals surface area contributed by atoms with E-state index >= 15 is 0 Å². The van der Waals surface area contributed by atoms with Crippen LogP contribution in [0.25, 0.3) is 0 Å². The second kappa shape index (κ2) is 9.91. The number of esters is 2. The van der Waals surface area contributed by atoms with Gasteiger partial charge in [0.2, 0.25) is 6.10 Å². The molecule has 1 amide bonds. The van der Waals surface area contributed by atoms with Crippen LogP contribution in [-0.2, 0) is 14.3 Å². The highest BCUT2D eigenvalue weighted by atomic mass is 16.5. The molecule has 0 fully saturated rings. The Hall–Kier alpha value is -3.09. The van der Waals surface area contributed by atoms with Crippen molar-refractivity contribution >= 4 is 17.8 Å². The molecule has 0 aliphatic rings. The van der Waals surface area contributed by atoms with Crippen LogP contribution in [0.2, 0.25) is 0 Å². The molecule has 1 aromatic carbocycles. The van der Waals surface area contributed by atoms with Gasteiger partial charge in [-0.05, 0) is 40.2 Å². The van der Waals surface area contributed by atoms with E-state index in [1.807, 2.05) is 19.9 Å². The lowest BCUT2D eigenvalue weighted by Crippen LogP contribution is -2.36. The standard InChI is InChI=1S/C22H28N2O5/c1-6-24(7-2)20(25)19(16-12-10-9-11-13-16)29-22(27)18-14(4)17(15(5)23-18)21(26)28-8-3/h9-13,19,23H,6-8H2,1-5H3/t19-/m1/s1. The zero-order chi connectivity index (χ0) is 21.6. The molecule has 1 N–H and O–H groups in total. The molecule has 0 aliphatic heterocycles. The van der Waals surface area contributed by atoms with Crippen molar-refractivity contribution in [1.82, 2.24) is 9.88 Å². The van der Waals surface area contributed by atoms with Crippen LogP contribution in [0.4, 0.5) is 0 Å². The molecule has 0 spiro atoms. The maximum atomic E-state index is 13.0. The number of amides is 1. The van der Waals surface area contributed by atoms with E-state index in [0.29, 0.717) is 35.5 Å². The van der Waals surface area contributed by atoms with E-state index < -0.39 is 18.0 Å². The van der Waals surface area contributed by atoms with Gasteiger partial charge in [0.1, 0.15) is 5.69 Å². The van der Waals surface area contributed by atoms with Crippen LogP contribution >= 0.6 is 0 Å². The van der Waals surface area contributed by atoms with Crippen molar-refractivity contribution in [1.29, 1.82) is 0 Å². The number of carbonyl (C=O) groups excluding carboxylic acids is 3. The molecule has 2 aromatic rings. The molecule has 7 heteroatoms. The number of aryl methyl sites for hydroxylation is 1. The van der Waals surface area contributed by atoms with E-state index in [0.717, 1.165) is 0 Å². The summed E-state index contributed by atoms with van der Waals surface area (Å²) in [6.45, 7) is 10.0. The molecule has 0 aliphatic carbocycles. The maximum absolute atomic E-state index is 13.0. The number of aromatic nitrogens is 1. The van der Waals surface area contributed by atoms with Crippen molar-refractivity contribution in [2.75, 3.05) is 19.7 Å². The van der Waals surface area contributed by atoms with Crippen molar-refractivity contribution in [2.45, 2.75) is 40.7 Å². The van der Waals surface area contributed by atoms with Crippen LogP contribution in [0.1, 0.15) is 64.5 Å². The van der Waals surface area contributed by atoms with Crippen LogP contribution in [0.15, 0.2) is 30.3 Å². The SMILES string of the molecule is CCOC(=O)c1c(C)[nH]c(C(=O)O[C@@H](C(=O)N(CC)CC)c2ccccc2)c1C. The Kier molecular flexibility index (Phi) is 7.59. The number of aromatic amines is 1. The summed E-state index contributed by atoms with van der Waals surface area (Å²) in [5.41, 5.74) is 1.99. The van der Waals surface area contributed by atoms with E-state index in [1.165, 1.54) is 0 Å². The fourth-order valence-electron chi connectivity index (χ4n) is 3.22. The largest absolute Gasteiger partial charge is 0.462 e. The maximum Gasteiger partial charge on any atom is 0.356 e. The van der Waals surface area contributed by atoms with E-state index in [2.05, 4.69) is 4.98 Å².